The molecular formula is C23H44O9. The lowest BCUT2D eigenvalue weighted by molar-refractivity contribution is -0.447. The van der Waals surface area contributed by atoms with E-state index in [4.69, 9.17) is 14.2 Å². The Balaban J connectivity index is 2.51. The summed E-state index contributed by atoms with van der Waals surface area (Å²) in [5.41, 5.74) is -13.6. The van der Waals surface area contributed by atoms with Gasteiger partial charge in [-0.2, -0.15) is 0 Å². The molecule has 0 aromatic rings. The Labute approximate surface area is 191 Å². The highest BCUT2D eigenvalue weighted by Gasteiger charge is 2.74. The third-order valence-corrected chi connectivity index (χ3v) is 9.57. The van der Waals surface area contributed by atoms with E-state index >= 15 is 0 Å². The van der Waals surface area contributed by atoms with Crippen molar-refractivity contribution in [1.29, 1.82) is 0 Å². The van der Waals surface area contributed by atoms with Crippen LogP contribution >= 0.6 is 0 Å². The normalized spacial score (nSPS) is 58.6. The van der Waals surface area contributed by atoms with Crippen molar-refractivity contribution in [1.82, 2.24) is 0 Å². The molecule has 2 heterocycles. The number of hydrogen-bond acceptors (Lipinski definition) is 9. The van der Waals surface area contributed by atoms with Gasteiger partial charge in [0, 0.05) is 5.92 Å². The monoisotopic (exact) mass is 464 g/mol. The van der Waals surface area contributed by atoms with Gasteiger partial charge in [-0.1, -0.05) is 6.92 Å². The summed E-state index contributed by atoms with van der Waals surface area (Å²) in [6.07, 6.45) is 0. The van der Waals surface area contributed by atoms with Crippen molar-refractivity contribution >= 4 is 0 Å². The van der Waals surface area contributed by atoms with Crippen LogP contribution in [-0.2, 0) is 14.2 Å². The number of ether oxygens (including phenoxy) is 3. The van der Waals surface area contributed by atoms with Gasteiger partial charge in [0.2, 0.25) is 0 Å². The lowest BCUT2D eigenvalue weighted by Crippen LogP contribution is -2.84. The minimum Gasteiger partial charge on any atom is -0.393 e. The van der Waals surface area contributed by atoms with Crippen LogP contribution in [0, 0.1) is 5.92 Å². The highest BCUT2D eigenvalue weighted by atomic mass is 16.7. The molecule has 2 saturated heterocycles. The predicted molar refractivity (Wildman–Crippen MR) is 117 cm³/mol. The van der Waals surface area contributed by atoms with E-state index in [2.05, 4.69) is 0 Å². The van der Waals surface area contributed by atoms with Crippen LogP contribution in [0.5, 0.6) is 0 Å². The summed E-state index contributed by atoms with van der Waals surface area (Å²) in [5, 5.41) is 66.3. The van der Waals surface area contributed by atoms with Crippen LogP contribution in [0.15, 0.2) is 0 Å². The average Bonchev–Trinajstić information content (AvgIpc) is 2.62. The van der Waals surface area contributed by atoms with Gasteiger partial charge in [0.15, 0.2) is 5.79 Å². The average molecular weight is 465 g/mol. The first-order chi connectivity index (χ1) is 13.8. The molecule has 4 unspecified atom stereocenters. The summed E-state index contributed by atoms with van der Waals surface area (Å²) in [5.74, 6) is -2.50. The largest absolute Gasteiger partial charge is 0.393 e. The van der Waals surface area contributed by atoms with E-state index in [1.54, 1.807) is 27.7 Å². The van der Waals surface area contributed by atoms with Crippen LogP contribution in [0.25, 0.3) is 0 Å². The minimum absolute atomic E-state index is 0.381. The molecule has 0 aromatic carbocycles. The molecule has 9 heteroatoms. The second-order valence-electron chi connectivity index (χ2n) is 11.8. The van der Waals surface area contributed by atoms with Crippen molar-refractivity contribution in [2.45, 2.75) is 127 Å². The van der Waals surface area contributed by atoms with Gasteiger partial charge in [-0.3, -0.25) is 0 Å². The molecular weight excluding hydrogens is 420 g/mol. The lowest BCUT2D eigenvalue weighted by Gasteiger charge is -2.66. The van der Waals surface area contributed by atoms with E-state index in [0.29, 0.717) is 0 Å². The summed E-state index contributed by atoms with van der Waals surface area (Å²) in [6.45, 7) is 15.5. The summed E-state index contributed by atoms with van der Waals surface area (Å²) in [7, 11) is 0. The lowest BCUT2D eigenvalue weighted by atomic mass is 9.58. The summed E-state index contributed by atoms with van der Waals surface area (Å²) in [4.78, 5) is 0. The fourth-order valence-electron chi connectivity index (χ4n) is 5.23. The van der Waals surface area contributed by atoms with Gasteiger partial charge < -0.3 is 44.8 Å². The Morgan fingerprint density at radius 3 is 1.59 bits per heavy atom. The van der Waals surface area contributed by atoms with Crippen molar-refractivity contribution in [3.63, 3.8) is 0 Å². The van der Waals surface area contributed by atoms with Crippen molar-refractivity contribution in [3.8, 4) is 0 Å². The molecule has 9 atom stereocenters. The Bertz CT molecular complexity index is 729. The number of rotatable bonds is 4. The van der Waals surface area contributed by atoms with E-state index in [-0.39, 0.29) is 6.61 Å². The molecule has 32 heavy (non-hydrogen) atoms. The first-order valence-corrected chi connectivity index (χ1v) is 11.1. The van der Waals surface area contributed by atoms with Crippen LogP contribution < -0.4 is 0 Å². The smallest absolute Gasteiger partial charge is 0.197 e. The van der Waals surface area contributed by atoms with Crippen LogP contribution in [0.3, 0.4) is 0 Å². The molecule has 2 aliphatic heterocycles. The third kappa shape index (κ3) is 3.17. The molecule has 2 fully saturated rings. The fourth-order valence-corrected chi connectivity index (χ4v) is 5.23. The molecule has 2 aliphatic rings. The number of hydrogen-bond donors (Lipinski definition) is 6. The van der Waals surface area contributed by atoms with Gasteiger partial charge in [0.25, 0.3) is 0 Å². The van der Waals surface area contributed by atoms with E-state index in [1.807, 2.05) is 0 Å². The molecule has 0 aromatic heterocycles. The van der Waals surface area contributed by atoms with Crippen LogP contribution in [0.1, 0.15) is 76.2 Å². The quantitative estimate of drug-likeness (QED) is 0.349. The van der Waals surface area contributed by atoms with E-state index < -0.39 is 63.1 Å². The van der Waals surface area contributed by atoms with Crippen LogP contribution in [0.2, 0.25) is 0 Å². The van der Waals surface area contributed by atoms with Crippen LogP contribution in [-0.4, -0.2) is 94.4 Å². The Morgan fingerprint density at radius 2 is 1.16 bits per heavy atom. The third-order valence-electron chi connectivity index (χ3n) is 9.57. The number of aliphatic hydroxyl groups excluding tert-OH is 1. The summed E-state index contributed by atoms with van der Waals surface area (Å²) >= 11 is 0. The molecule has 0 amide bonds. The van der Waals surface area contributed by atoms with Gasteiger partial charge in [-0.25, -0.2) is 0 Å². The van der Waals surface area contributed by atoms with Crippen molar-refractivity contribution in [3.05, 3.63) is 0 Å². The van der Waals surface area contributed by atoms with Crippen molar-refractivity contribution in [2.24, 2.45) is 5.92 Å². The highest BCUT2D eigenvalue weighted by molar-refractivity contribution is 5.23. The number of aliphatic hydroxyl groups is 6. The Kier molecular flexibility index (Phi) is 6.17. The zero-order valence-electron chi connectivity index (χ0n) is 21.4. The van der Waals surface area contributed by atoms with Gasteiger partial charge in [0.05, 0.1) is 24.4 Å². The second kappa shape index (κ2) is 7.08. The van der Waals surface area contributed by atoms with E-state index in [0.717, 1.165) is 0 Å². The van der Waals surface area contributed by atoms with Gasteiger partial charge >= 0.3 is 0 Å². The van der Waals surface area contributed by atoms with E-state index in [1.165, 1.54) is 48.5 Å². The molecule has 0 bridgehead atoms. The molecule has 9 nitrogen and oxygen atoms in total. The molecule has 0 aliphatic carbocycles. The van der Waals surface area contributed by atoms with E-state index in [9.17, 15) is 30.6 Å². The maximum absolute atomic E-state index is 11.4. The summed E-state index contributed by atoms with van der Waals surface area (Å²) in [6, 6.07) is 0. The topological polar surface area (TPSA) is 149 Å². The maximum atomic E-state index is 11.4. The molecule has 0 spiro atoms. The Hall–Kier alpha value is -0.360. The molecule has 2 rings (SSSR count). The predicted octanol–water partition coefficient (Wildman–Crippen LogP) is 0.459. The zero-order chi connectivity index (χ0) is 25.6. The van der Waals surface area contributed by atoms with Gasteiger partial charge in [-0.05, 0) is 69.2 Å². The molecule has 0 saturated carbocycles. The minimum atomic E-state index is -2.02. The first kappa shape index (κ1) is 27.9. The van der Waals surface area contributed by atoms with Crippen molar-refractivity contribution in [2.75, 3.05) is 13.2 Å². The fraction of sp³-hybridized carbons (Fsp3) is 1.00. The summed E-state index contributed by atoms with van der Waals surface area (Å²) < 4.78 is 18.3. The van der Waals surface area contributed by atoms with Gasteiger partial charge in [0.1, 0.15) is 33.6 Å². The maximum Gasteiger partial charge on any atom is 0.197 e. The molecule has 0 radical (unpaired) electrons. The highest BCUT2D eigenvalue weighted by Crippen LogP contribution is 2.55. The SMILES string of the molecule is C[C@@H]1C(C)(CO)O[C@](C)(OCC2(C)OC(C)(C)[C@@](C)(O)C(C)(O)[C@]2(C)O)C(C)(O)[C@@]1(C)O. The van der Waals surface area contributed by atoms with Crippen LogP contribution in [0.4, 0.5) is 0 Å². The van der Waals surface area contributed by atoms with Crippen molar-refractivity contribution < 1.29 is 44.8 Å². The first-order valence-electron chi connectivity index (χ1n) is 11.1. The molecule has 190 valence electrons. The second-order valence-corrected chi connectivity index (χ2v) is 11.8. The standard InChI is InChI=1S/C23H44O9/c1-14-16(4,12-24)32-23(11,21(9,28)18(14,6)25)30-13-17(5)20(8,27)22(10,29)19(7,26)15(2,3)31-17/h14,24-29H,12-13H2,1-11H3/t14-,16?,17?,18+,19-,20-,21?,22?,23+/m1/s1. The van der Waals surface area contributed by atoms with Gasteiger partial charge in [-0.15, -0.1) is 0 Å². The Morgan fingerprint density at radius 1 is 0.688 bits per heavy atom. The molecule has 6 N–H and O–H groups in total. The zero-order valence-corrected chi connectivity index (χ0v) is 21.4.